The second-order valence-electron chi connectivity index (χ2n) is 6.63. The van der Waals surface area contributed by atoms with E-state index in [-0.39, 0.29) is 0 Å². The summed E-state index contributed by atoms with van der Waals surface area (Å²) >= 11 is 0. The summed E-state index contributed by atoms with van der Waals surface area (Å²) in [7, 11) is 0. The van der Waals surface area contributed by atoms with Gasteiger partial charge in [-0.05, 0) is 55.8 Å². The maximum absolute atomic E-state index is 4.04. The molecule has 1 aromatic heterocycles. The van der Waals surface area contributed by atoms with Gasteiger partial charge in [-0.2, -0.15) is 0 Å². The molecule has 0 saturated heterocycles. The molecule has 0 aliphatic carbocycles. The molecule has 1 heteroatoms. The Kier molecular flexibility index (Phi) is 11.9. The Bertz CT molecular complexity index is 1150. The van der Waals surface area contributed by atoms with E-state index in [0.29, 0.717) is 0 Å². The average Bonchev–Trinajstić information content (AvgIpc) is 3.20. The van der Waals surface area contributed by atoms with E-state index in [2.05, 4.69) is 85.0 Å². The Labute approximate surface area is 194 Å². The van der Waals surface area contributed by atoms with Crippen molar-refractivity contribution < 1.29 is 0 Å². The molecular formula is C31H37N. The van der Waals surface area contributed by atoms with Crippen LogP contribution in [0, 0.1) is 0 Å². The van der Waals surface area contributed by atoms with E-state index in [0.717, 1.165) is 16.9 Å². The summed E-state index contributed by atoms with van der Waals surface area (Å²) in [5.41, 5.74) is 4.53. The van der Waals surface area contributed by atoms with Crippen molar-refractivity contribution in [2.24, 2.45) is 0 Å². The normalized spacial score (nSPS) is 9.66. The SMILES string of the molecule is C/C=C\C.C=CC.C=Cc1c(C=C)n(-c2ccccc2)c2ccc3ccccc3c12.CC. The van der Waals surface area contributed by atoms with Crippen molar-refractivity contribution in [1.29, 1.82) is 0 Å². The van der Waals surface area contributed by atoms with Crippen molar-refractivity contribution >= 4 is 33.8 Å². The van der Waals surface area contributed by atoms with Gasteiger partial charge in [0.1, 0.15) is 0 Å². The largest absolute Gasteiger partial charge is 0.309 e. The van der Waals surface area contributed by atoms with E-state index in [9.17, 15) is 0 Å². The lowest BCUT2D eigenvalue weighted by Crippen LogP contribution is -1.96. The maximum Gasteiger partial charge on any atom is 0.0547 e. The molecule has 166 valence electrons. The van der Waals surface area contributed by atoms with Crippen LogP contribution >= 0.6 is 0 Å². The Morgan fingerprint density at radius 1 is 0.688 bits per heavy atom. The third kappa shape index (κ3) is 5.98. The van der Waals surface area contributed by atoms with E-state index >= 15 is 0 Å². The highest BCUT2D eigenvalue weighted by Gasteiger charge is 2.16. The van der Waals surface area contributed by atoms with Gasteiger partial charge >= 0.3 is 0 Å². The highest BCUT2D eigenvalue weighted by Crippen LogP contribution is 2.36. The fourth-order valence-corrected chi connectivity index (χ4v) is 3.37. The summed E-state index contributed by atoms with van der Waals surface area (Å²) < 4.78 is 2.26. The first-order valence-electron chi connectivity index (χ1n) is 11.2. The number of rotatable bonds is 3. The Morgan fingerprint density at radius 3 is 1.78 bits per heavy atom. The monoisotopic (exact) mass is 423 g/mol. The van der Waals surface area contributed by atoms with E-state index in [4.69, 9.17) is 0 Å². The number of hydrogen-bond acceptors (Lipinski definition) is 0. The Balaban J connectivity index is 0.000000496. The molecule has 0 spiro atoms. The second kappa shape index (κ2) is 14.4. The zero-order chi connectivity index (χ0) is 23.9. The molecule has 0 radical (unpaired) electrons. The smallest absolute Gasteiger partial charge is 0.0547 e. The molecule has 0 bridgehead atoms. The van der Waals surface area contributed by atoms with Gasteiger partial charge in [-0.1, -0.05) is 99.8 Å². The third-order valence-electron chi connectivity index (χ3n) is 4.68. The molecule has 0 amide bonds. The van der Waals surface area contributed by atoms with Crippen LogP contribution in [-0.4, -0.2) is 4.57 Å². The van der Waals surface area contributed by atoms with E-state index < -0.39 is 0 Å². The highest BCUT2D eigenvalue weighted by molar-refractivity contribution is 6.12. The highest BCUT2D eigenvalue weighted by atomic mass is 15.0. The van der Waals surface area contributed by atoms with Gasteiger partial charge in [0.05, 0.1) is 11.2 Å². The molecule has 0 atom stereocenters. The molecule has 0 unspecified atom stereocenters. The van der Waals surface area contributed by atoms with Crippen molar-refractivity contribution in [2.45, 2.75) is 34.6 Å². The van der Waals surface area contributed by atoms with Gasteiger partial charge in [-0.25, -0.2) is 0 Å². The fourth-order valence-electron chi connectivity index (χ4n) is 3.37. The zero-order valence-electron chi connectivity index (χ0n) is 20.3. The lowest BCUT2D eigenvalue weighted by Gasteiger charge is -2.09. The molecule has 1 nitrogen and oxygen atoms in total. The number of fused-ring (bicyclic) bond motifs is 3. The predicted molar refractivity (Wildman–Crippen MR) is 149 cm³/mol. The topological polar surface area (TPSA) is 4.93 Å². The molecular weight excluding hydrogens is 386 g/mol. The molecule has 4 aromatic rings. The first-order chi connectivity index (χ1) is 15.7. The van der Waals surface area contributed by atoms with Crippen LogP contribution in [0.25, 0.3) is 39.5 Å². The number of nitrogens with zero attached hydrogens (tertiary/aromatic N) is 1. The molecule has 0 N–H and O–H groups in total. The van der Waals surface area contributed by atoms with Crippen molar-refractivity contribution in [2.75, 3.05) is 0 Å². The van der Waals surface area contributed by atoms with E-state index in [1.165, 1.54) is 21.7 Å². The number of hydrogen-bond donors (Lipinski definition) is 0. The minimum absolute atomic E-state index is 1.08. The average molecular weight is 424 g/mol. The van der Waals surface area contributed by atoms with Crippen LogP contribution in [0.15, 0.2) is 105 Å². The molecule has 0 aliphatic rings. The summed E-state index contributed by atoms with van der Waals surface area (Å²) in [4.78, 5) is 0. The van der Waals surface area contributed by atoms with Gasteiger partial charge in [0.15, 0.2) is 0 Å². The van der Waals surface area contributed by atoms with Crippen molar-refractivity contribution in [3.8, 4) is 5.69 Å². The van der Waals surface area contributed by atoms with E-state index in [1.807, 2.05) is 65.0 Å². The van der Waals surface area contributed by atoms with Gasteiger partial charge in [0.25, 0.3) is 0 Å². The molecule has 32 heavy (non-hydrogen) atoms. The summed E-state index contributed by atoms with van der Waals surface area (Å²) in [6, 6.07) is 23.2. The minimum atomic E-state index is 1.08. The summed E-state index contributed by atoms with van der Waals surface area (Å²) in [5.74, 6) is 0. The Hall–Kier alpha value is -3.58. The lowest BCUT2D eigenvalue weighted by atomic mass is 10.0. The standard InChI is InChI=1S/C22H17N.C4H8.C3H6.C2H6/c1-3-18-20(4-2)23(17-11-6-5-7-12-17)21-15-14-16-10-8-9-13-19(16)22(18)21;1-3-4-2;1-3-2;1-2/h3-15H,1-2H2;3-4H,1-2H3;3H,1H2,2H3;1-2H3/b;4-3-;;. The first-order valence-corrected chi connectivity index (χ1v) is 11.2. The van der Waals surface area contributed by atoms with Crippen LogP contribution in [0.3, 0.4) is 0 Å². The van der Waals surface area contributed by atoms with Crippen molar-refractivity contribution in [3.05, 3.63) is 116 Å². The van der Waals surface area contributed by atoms with Crippen LogP contribution in [0.5, 0.6) is 0 Å². The number of allylic oxidation sites excluding steroid dienone is 3. The predicted octanol–water partition coefficient (Wildman–Crippen LogP) is 9.87. The molecule has 1 heterocycles. The molecule has 4 rings (SSSR count). The van der Waals surface area contributed by atoms with E-state index in [1.54, 1.807) is 6.08 Å². The van der Waals surface area contributed by atoms with Crippen molar-refractivity contribution in [1.82, 2.24) is 4.57 Å². The second-order valence-corrected chi connectivity index (χ2v) is 6.63. The molecule has 0 saturated carbocycles. The fraction of sp³-hybridized carbons (Fsp3) is 0.161. The summed E-state index contributed by atoms with van der Waals surface area (Å²) in [6.45, 7) is 21.3. The number of aromatic nitrogens is 1. The number of benzene rings is 3. The number of para-hydroxylation sites is 1. The van der Waals surface area contributed by atoms with Gasteiger partial charge < -0.3 is 4.57 Å². The lowest BCUT2D eigenvalue weighted by molar-refractivity contribution is 1.11. The Morgan fingerprint density at radius 2 is 1.25 bits per heavy atom. The summed E-state index contributed by atoms with van der Waals surface area (Å²) in [6.07, 6.45) is 9.60. The van der Waals surface area contributed by atoms with Crippen LogP contribution < -0.4 is 0 Å². The quantitative estimate of drug-likeness (QED) is 0.289. The van der Waals surface area contributed by atoms with Crippen LogP contribution in [0.1, 0.15) is 45.9 Å². The summed E-state index contributed by atoms with van der Waals surface area (Å²) in [5, 5.41) is 3.72. The third-order valence-corrected chi connectivity index (χ3v) is 4.68. The van der Waals surface area contributed by atoms with Gasteiger partial charge in [-0.15, -0.1) is 6.58 Å². The van der Waals surface area contributed by atoms with Crippen molar-refractivity contribution in [3.63, 3.8) is 0 Å². The first kappa shape index (κ1) is 26.5. The van der Waals surface area contributed by atoms with Crippen LogP contribution in [0.2, 0.25) is 0 Å². The van der Waals surface area contributed by atoms with Crippen LogP contribution in [0.4, 0.5) is 0 Å². The minimum Gasteiger partial charge on any atom is -0.309 e. The van der Waals surface area contributed by atoms with Crippen LogP contribution in [-0.2, 0) is 0 Å². The van der Waals surface area contributed by atoms with Gasteiger partial charge in [0, 0.05) is 16.6 Å². The molecule has 0 aliphatic heterocycles. The van der Waals surface area contributed by atoms with Gasteiger partial charge in [0.2, 0.25) is 0 Å². The molecule has 0 fully saturated rings. The van der Waals surface area contributed by atoms with Gasteiger partial charge in [-0.3, -0.25) is 0 Å². The molecule has 3 aromatic carbocycles. The maximum atomic E-state index is 4.04. The zero-order valence-corrected chi connectivity index (χ0v) is 20.3.